The Balaban J connectivity index is 1.06. The molecule has 2 aromatic carbocycles. The Labute approximate surface area is 276 Å². The molecule has 0 bridgehead atoms. The number of rotatable bonds is 13. The SMILES string of the molecule is CC(=O)Oc1ccc2c(c1)CC[C@@H]1[C@@H]2CC[C@]2(C)[C@@H](OC(=O)COC(=O)CCCc3ccc(N(CCCl)CCCl)cc3)CC[C@@H]12. The topological polar surface area (TPSA) is 82.1 Å². The number of hydrogen-bond acceptors (Lipinski definition) is 7. The van der Waals surface area contributed by atoms with Crippen LogP contribution in [0.5, 0.6) is 5.75 Å². The van der Waals surface area contributed by atoms with Crippen molar-refractivity contribution in [3.63, 3.8) is 0 Å². The number of halogens is 2. The molecule has 45 heavy (non-hydrogen) atoms. The molecule has 0 spiro atoms. The van der Waals surface area contributed by atoms with E-state index in [2.05, 4.69) is 42.2 Å². The number of nitrogens with zero attached hydrogens (tertiary/aromatic N) is 1. The normalized spacial score (nSPS) is 25.0. The standard InChI is InChI=1S/C36H45Cl2NO6/c1-24(40)44-28-11-13-29-26(22-28)8-12-31-30(29)16-17-36(2)32(31)14-15-33(36)45-35(42)23-43-34(41)5-3-4-25-6-9-27(10-7-25)39(20-18-37)21-19-38/h6-7,9-11,13,22,30-33H,3-5,8,12,14-21,23H2,1-2H3/t30-,31-,32+,33+,36+/m1/s1. The Bertz CT molecular complexity index is 1340. The van der Waals surface area contributed by atoms with Crippen LogP contribution in [0.25, 0.3) is 0 Å². The maximum atomic E-state index is 12.8. The third-order valence-electron chi connectivity index (χ3n) is 10.4. The van der Waals surface area contributed by atoms with Crippen LogP contribution < -0.4 is 9.64 Å². The quantitative estimate of drug-likeness (QED) is 0.128. The van der Waals surface area contributed by atoms with Gasteiger partial charge in [-0.25, -0.2) is 4.79 Å². The summed E-state index contributed by atoms with van der Waals surface area (Å²) in [4.78, 5) is 38.7. The second-order valence-corrected chi connectivity index (χ2v) is 13.8. The van der Waals surface area contributed by atoms with Gasteiger partial charge < -0.3 is 19.1 Å². The van der Waals surface area contributed by atoms with Gasteiger partial charge in [0.2, 0.25) is 0 Å². The van der Waals surface area contributed by atoms with Crippen LogP contribution in [-0.2, 0) is 36.7 Å². The molecule has 5 atom stereocenters. The molecule has 2 fully saturated rings. The highest BCUT2D eigenvalue weighted by atomic mass is 35.5. The highest BCUT2D eigenvalue weighted by molar-refractivity contribution is 6.18. The molecule has 0 aliphatic heterocycles. The molecular weight excluding hydrogens is 613 g/mol. The molecule has 2 saturated carbocycles. The smallest absolute Gasteiger partial charge is 0.344 e. The fourth-order valence-electron chi connectivity index (χ4n) is 8.22. The van der Waals surface area contributed by atoms with E-state index >= 15 is 0 Å². The fourth-order valence-corrected chi connectivity index (χ4v) is 8.63. The van der Waals surface area contributed by atoms with Crippen LogP contribution in [0.3, 0.4) is 0 Å². The molecule has 3 aliphatic carbocycles. The van der Waals surface area contributed by atoms with Gasteiger partial charge in [0.1, 0.15) is 11.9 Å². The summed E-state index contributed by atoms with van der Waals surface area (Å²) < 4.78 is 16.6. The van der Waals surface area contributed by atoms with E-state index in [0.29, 0.717) is 41.7 Å². The predicted octanol–water partition coefficient (Wildman–Crippen LogP) is 7.23. The molecule has 0 saturated heterocycles. The minimum atomic E-state index is -0.460. The van der Waals surface area contributed by atoms with Crippen molar-refractivity contribution in [1.29, 1.82) is 0 Å². The summed E-state index contributed by atoms with van der Waals surface area (Å²) in [5.41, 5.74) is 4.80. The molecule has 0 heterocycles. The molecule has 0 radical (unpaired) electrons. The highest BCUT2D eigenvalue weighted by Gasteiger charge is 2.56. The number of aryl methyl sites for hydroxylation is 2. The van der Waals surface area contributed by atoms with Crippen molar-refractivity contribution in [3.05, 3.63) is 59.2 Å². The van der Waals surface area contributed by atoms with E-state index in [1.54, 1.807) is 0 Å². The van der Waals surface area contributed by atoms with Gasteiger partial charge in [-0.3, -0.25) is 9.59 Å². The van der Waals surface area contributed by atoms with Gasteiger partial charge in [-0.05, 0) is 110 Å². The lowest BCUT2D eigenvalue weighted by atomic mass is 9.55. The molecule has 0 N–H and O–H groups in total. The number of benzene rings is 2. The van der Waals surface area contributed by atoms with Gasteiger partial charge in [0.25, 0.3) is 0 Å². The van der Waals surface area contributed by atoms with Crippen molar-refractivity contribution in [2.45, 2.75) is 83.7 Å². The van der Waals surface area contributed by atoms with E-state index in [1.165, 1.54) is 18.1 Å². The number of carbonyl (C=O) groups excluding carboxylic acids is 3. The van der Waals surface area contributed by atoms with Crippen LogP contribution in [-0.4, -0.2) is 55.5 Å². The monoisotopic (exact) mass is 657 g/mol. The van der Waals surface area contributed by atoms with Crippen molar-refractivity contribution in [3.8, 4) is 5.75 Å². The summed E-state index contributed by atoms with van der Waals surface area (Å²) in [5.74, 6) is 2.05. The number of hydrogen-bond donors (Lipinski definition) is 0. The first kappa shape index (κ1) is 33.6. The first-order valence-corrected chi connectivity index (χ1v) is 17.4. The van der Waals surface area contributed by atoms with Gasteiger partial charge in [-0.1, -0.05) is 25.1 Å². The molecule has 244 valence electrons. The summed E-state index contributed by atoms with van der Waals surface area (Å²) in [6.45, 7) is 4.84. The molecular formula is C36H45Cl2NO6. The minimum absolute atomic E-state index is 0.0729. The van der Waals surface area contributed by atoms with Crippen molar-refractivity contribution in [2.75, 3.05) is 36.4 Å². The number of alkyl halides is 2. The lowest BCUT2D eigenvalue weighted by Gasteiger charge is -2.50. The second kappa shape index (κ2) is 15.2. The molecule has 2 aromatic rings. The molecule has 7 nitrogen and oxygen atoms in total. The summed E-state index contributed by atoms with van der Waals surface area (Å²) in [6, 6.07) is 14.3. The average Bonchev–Trinajstić information content (AvgIpc) is 3.35. The molecule has 0 aromatic heterocycles. The second-order valence-electron chi connectivity index (χ2n) is 13.0. The summed E-state index contributed by atoms with van der Waals surface area (Å²) in [5, 5.41) is 0. The number of fused-ring (bicyclic) bond motifs is 5. The zero-order chi connectivity index (χ0) is 32.0. The largest absolute Gasteiger partial charge is 0.459 e. The van der Waals surface area contributed by atoms with Gasteiger partial charge in [0, 0.05) is 49.3 Å². The van der Waals surface area contributed by atoms with Crippen LogP contribution in [0.1, 0.15) is 81.4 Å². The maximum absolute atomic E-state index is 12.8. The molecule has 9 heteroatoms. The van der Waals surface area contributed by atoms with Crippen LogP contribution in [0.2, 0.25) is 0 Å². The minimum Gasteiger partial charge on any atom is -0.459 e. The van der Waals surface area contributed by atoms with E-state index in [9.17, 15) is 14.4 Å². The first-order valence-electron chi connectivity index (χ1n) is 16.3. The van der Waals surface area contributed by atoms with Crippen molar-refractivity contribution in [2.24, 2.45) is 17.3 Å². The van der Waals surface area contributed by atoms with Crippen LogP contribution >= 0.6 is 23.2 Å². The Morgan fingerprint density at radius 1 is 0.956 bits per heavy atom. The lowest BCUT2D eigenvalue weighted by molar-refractivity contribution is -0.168. The fraction of sp³-hybridized carbons (Fsp3) is 0.583. The third kappa shape index (κ3) is 7.97. The highest BCUT2D eigenvalue weighted by Crippen LogP contribution is 2.61. The van der Waals surface area contributed by atoms with Crippen LogP contribution in [0.15, 0.2) is 42.5 Å². The van der Waals surface area contributed by atoms with Gasteiger partial charge >= 0.3 is 17.9 Å². The number of anilines is 1. The first-order chi connectivity index (χ1) is 21.7. The Morgan fingerprint density at radius 3 is 2.42 bits per heavy atom. The van der Waals surface area contributed by atoms with Gasteiger partial charge in [0.05, 0.1) is 0 Å². The van der Waals surface area contributed by atoms with Crippen molar-refractivity contribution in [1.82, 2.24) is 0 Å². The number of ether oxygens (including phenoxy) is 3. The van der Waals surface area contributed by atoms with E-state index in [1.807, 2.05) is 12.1 Å². The average molecular weight is 659 g/mol. The Hall–Kier alpha value is -2.77. The van der Waals surface area contributed by atoms with Gasteiger partial charge in [0.15, 0.2) is 6.61 Å². The van der Waals surface area contributed by atoms with Gasteiger partial charge in [-0.2, -0.15) is 0 Å². The summed E-state index contributed by atoms with van der Waals surface area (Å²) in [7, 11) is 0. The maximum Gasteiger partial charge on any atom is 0.344 e. The number of esters is 3. The van der Waals surface area contributed by atoms with Gasteiger partial charge in [-0.15, -0.1) is 23.2 Å². The van der Waals surface area contributed by atoms with E-state index in [4.69, 9.17) is 37.4 Å². The third-order valence-corrected chi connectivity index (χ3v) is 10.7. The van der Waals surface area contributed by atoms with E-state index in [-0.39, 0.29) is 36.5 Å². The lowest BCUT2D eigenvalue weighted by Crippen LogP contribution is -2.45. The number of carbonyl (C=O) groups is 3. The summed E-state index contributed by atoms with van der Waals surface area (Å²) in [6.07, 6.45) is 7.43. The van der Waals surface area contributed by atoms with Crippen molar-refractivity contribution < 1.29 is 28.6 Å². The molecule has 5 rings (SSSR count). The Kier molecular flexibility index (Phi) is 11.4. The summed E-state index contributed by atoms with van der Waals surface area (Å²) >= 11 is 11.8. The van der Waals surface area contributed by atoms with Crippen LogP contribution in [0, 0.1) is 17.3 Å². The molecule has 0 unspecified atom stereocenters. The predicted molar refractivity (Wildman–Crippen MR) is 176 cm³/mol. The molecule has 0 amide bonds. The zero-order valence-corrected chi connectivity index (χ0v) is 27.9. The van der Waals surface area contributed by atoms with E-state index in [0.717, 1.165) is 69.3 Å². The molecule has 3 aliphatic rings. The zero-order valence-electron chi connectivity index (χ0n) is 26.4. The Morgan fingerprint density at radius 2 is 1.71 bits per heavy atom. The van der Waals surface area contributed by atoms with Crippen LogP contribution in [0.4, 0.5) is 5.69 Å². The van der Waals surface area contributed by atoms with E-state index < -0.39 is 5.97 Å². The van der Waals surface area contributed by atoms with Crippen molar-refractivity contribution >= 4 is 46.8 Å².